The SMILES string of the molecule is O=C(O)c1ccc(Cl)c(F)c1NC(=O)C(F)(F)F. The molecule has 9 heteroatoms. The van der Waals surface area contributed by atoms with Gasteiger partial charge in [-0.1, -0.05) is 11.6 Å². The van der Waals surface area contributed by atoms with E-state index >= 15 is 0 Å². The Labute approximate surface area is 102 Å². The van der Waals surface area contributed by atoms with Crippen molar-refractivity contribution < 1.29 is 32.3 Å². The summed E-state index contributed by atoms with van der Waals surface area (Å²) in [5.74, 6) is -5.65. The van der Waals surface area contributed by atoms with Crippen LogP contribution in [0.3, 0.4) is 0 Å². The maximum absolute atomic E-state index is 13.4. The van der Waals surface area contributed by atoms with Crippen molar-refractivity contribution in [3.8, 4) is 0 Å². The third-order valence-corrected chi connectivity index (χ3v) is 2.11. The summed E-state index contributed by atoms with van der Waals surface area (Å²) < 4.78 is 49.3. The Morgan fingerprint density at radius 3 is 2.28 bits per heavy atom. The van der Waals surface area contributed by atoms with Crippen molar-refractivity contribution in [2.24, 2.45) is 0 Å². The minimum atomic E-state index is -5.27. The van der Waals surface area contributed by atoms with Crippen LogP contribution in [0.4, 0.5) is 23.2 Å². The highest BCUT2D eigenvalue weighted by molar-refractivity contribution is 6.31. The summed E-state index contributed by atoms with van der Waals surface area (Å²) >= 11 is 5.29. The van der Waals surface area contributed by atoms with Gasteiger partial charge in [-0.2, -0.15) is 13.2 Å². The zero-order valence-corrected chi connectivity index (χ0v) is 9.06. The summed E-state index contributed by atoms with van der Waals surface area (Å²) in [4.78, 5) is 21.3. The van der Waals surface area contributed by atoms with Gasteiger partial charge in [-0.25, -0.2) is 9.18 Å². The van der Waals surface area contributed by atoms with E-state index in [2.05, 4.69) is 0 Å². The van der Waals surface area contributed by atoms with E-state index < -0.39 is 40.1 Å². The van der Waals surface area contributed by atoms with Crippen molar-refractivity contribution in [1.29, 1.82) is 0 Å². The number of alkyl halides is 3. The van der Waals surface area contributed by atoms with Gasteiger partial charge >= 0.3 is 18.1 Å². The van der Waals surface area contributed by atoms with E-state index in [1.807, 2.05) is 0 Å². The molecule has 1 rings (SSSR count). The van der Waals surface area contributed by atoms with Crippen molar-refractivity contribution in [3.05, 3.63) is 28.5 Å². The van der Waals surface area contributed by atoms with E-state index in [0.717, 1.165) is 17.4 Å². The molecule has 0 atom stereocenters. The average Bonchev–Trinajstić information content (AvgIpc) is 2.23. The minimum absolute atomic E-state index is 0.613. The maximum Gasteiger partial charge on any atom is 0.471 e. The molecule has 1 amide bonds. The second kappa shape index (κ2) is 4.81. The number of anilines is 1. The number of hydrogen-bond donors (Lipinski definition) is 2. The highest BCUT2D eigenvalue weighted by Gasteiger charge is 2.39. The van der Waals surface area contributed by atoms with Crippen molar-refractivity contribution in [2.45, 2.75) is 6.18 Å². The van der Waals surface area contributed by atoms with Gasteiger partial charge in [0, 0.05) is 0 Å². The lowest BCUT2D eigenvalue weighted by atomic mass is 10.1. The number of aromatic carboxylic acids is 1. The summed E-state index contributed by atoms with van der Waals surface area (Å²) in [5, 5.41) is 9.18. The minimum Gasteiger partial charge on any atom is -0.478 e. The lowest BCUT2D eigenvalue weighted by molar-refractivity contribution is -0.167. The Bertz CT molecular complexity index is 515. The highest BCUT2D eigenvalue weighted by atomic mass is 35.5. The lowest BCUT2D eigenvalue weighted by Crippen LogP contribution is -2.31. The molecule has 0 aromatic heterocycles. The monoisotopic (exact) mass is 285 g/mol. The van der Waals surface area contributed by atoms with Gasteiger partial charge in [0.2, 0.25) is 0 Å². The number of carboxylic acids is 1. The molecule has 0 fully saturated rings. The van der Waals surface area contributed by atoms with Crippen LogP contribution in [-0.4, -0.2) is 23.2 Å². The first kappa shape index (κ1) is 14.2. The first-order valence-electron chi connectivity index (χ1n) is 4.24. The van der Waals surface area contributed by atoms with E-state index in [-0.39, 0.29) is 0 Å². The number of hydrogen-bond acceptors (Lipinski definition) is 2. The van der Waals surface area contributed by atoms with E-state index in [1.54, 1.807) is 0 Å². The average molecular weight is 286 g/mol. The number of benzene rings is 1. The molecule has 0 radical (unpaired) electrons. The smallest absolute Gasteiger partial charge is 0.471 e. The normalized spacial score (nSPS) is 11.2. The molecular formula is C9H4ClF4NO3. The molecule has 0 spiro atoms. The van der Waals surface area contributed by atoms with E-state index in [1.165, 1.54) is 0 Å². The van der Waals surface area contributed by atoms with E-state index in [9.17, 15) is 27.2 Å². The fraction of sp³-hybridized carbons (Fsp3) is 0.111. The Morgan fingerprint density at radius 2 is 1.83 bits per heavy atom. The molecule has 0 bridgehead atoms. The van der Waals surface area contributed by atoms with Crippen LogP contribution in [0, 0.1) is 5.82 Å². The number of carbonyl (C=O) groups is 2. The van der Waals surface area contributed by atoms with Gasteiger partial charge in [0.25, 0.3) is 0 Å². The largest absolute Gasteiger partial charge is 0.478 e. The van der Waals surface area contributed by atoms with Crippen molar-refractivity contribution >= 4 is 29.2 Å². The van der Waals surface area contributed by atoms with Crippen LogP contribution < -0.4 is 5.32 Å². The van der Waals surface area contributed by atoms with Gasteiger partial charge < -0.3 is 10.4 Å². The molecule has 0 aliphatic carbocycles. The third-order valence-electron chi connectivity index (χ3n) is 1.82. The fourth-order valence-electron chi connectivity index (χ4n) is 1.04. The van der Waals surface area contributed by atoms with Gasteiger partial charge in [-0.05, 0) is 12.1 Å². The van der Waals surface area contributed by atoms with Crippen molar-refractivity contribution in [3.63, 3.8) is 0 Å². The topological polar surface area (TPSA) is 66.4 Å². The molecule has 0 saturated heterocycles. The summed E-state index contributed by atoms with van der Waals surface area (Å²) in [6, 6.07) is 1.63. The Hall–Kier alpha value is -1.83. The predicted octanol–water partition coefficient (Wildman–Crippen LogP) is 2.68. The second-order valence-corrected chi connectivity index (χ2v) is 3.45. The second-order valence-electron chi connectivity index (χ2n) is 3.04. The maximum atomic E-state index is 13.4. The summed E-state index contributed by atoms with van der Waals surface area (Å²) in [5.41, 5.74) is -1.97. The molecule has 98 valence electrons. The molecule has 0 aliphatic rings. The Morgan fingerprint density at radius 1 is 1.28 bits per heavy atom. The van der Waals surface area contributed by atoms with Crippen LogP contribution in [-0.2, 0) is 4.79 Å². The summed E-state index contributed by atoms with van der Waals surface area (Å²) in [7, 11) is 0. The predicted molar refractivity (Wildman–Crippen MR) is 53.1 cm³/mol. The third kappa shape index (κ3) is 2.89. The first-order valence-corrected chi connectivity index (χ1v) is 4.62. The molecule has 0 saturated carbocycles. The molecule has 2 N–H and O–H groups in total. The van der Waals surface area contributed by atoms with Gasteiger partial charge in [0.05, 0.1) is 16.3 Å². The highest BCUT2D eigenvalue weighted by Crippen LogP contribution is 2.28. The van der Waals surface area contributed by atoms with Gasteiger partial charge in [-0.15, -0.1) is 0 Å². The molecule has 18 heavy (non-hydrogen) atoms. The van der Waals surface area contributed by atoms with Crippen LogP contribution in [0.2, 0.25) is 5.02 Å². The zero-order chi connectivity index (χ0) is 14.1. The first-order chi connectivity index (χ1) is 8.14. The van der Waals surface area contributed by atoms with Crippen molar-refractivity contribution in [2.75, 3.05) is 5.32 Å². The van der Waals surface area contributed by atoms with Crippen LogP contribution in [0.25, 0.3) is 0 Å². The molecule has 4 nitrogen and oxygen atoms in total. The molecule has 1 aromatic rings. The molecule has 1 aromatic carbocycles. The quantitative estimate of drug-likeness (QED) is 0.821. The number of amides is 1. The lowest BCUT2D eigenvalue weighted by Gasteiger charge is -2.11. The number of carbonyl (C=O) groups excluding carboxylic acids is 1. The van der Waals surface area contributed by atoms with Crippen LogP contribution >= 0.6 is 11.6 Å². The van der Waals surface area contributed by atoms with Crippen molar-refractivity contribution in [1.82, 2.24) is 0 Å². The van der Waals surface area contributed by atoms with Crippen LogP contribution in [0.1, 0.15) is 10.4 Å². The molecule has 0 aliphatic heterocycles. The number of halogens is 5. The summed E-state index contributed by atoms with van der Waals surface area (Å²) in [6.07, 6.45) is -5.27. The zero-order valence-electron chi connectivity index (χ0n) is 8.31. The van der Waals surface area contributed by atoms with Crippen LogP contribution in [0.15, 0.2) is 12.1 Å². The van der Waals surface area contributed by atoms with Gasteiger partial charge in [0.1, 0.15) is 0 Å². The molecule has 0 heterocycles. The van der Waals surface area contributed by atoms with E-state index in [4.69, 9.17) is 16.7 Å². The van der Waals surface area contributed by atoms with Crippen LogP contribution in [0.5, 0.6) is 0 Å². The van der Waals surface area contributed by atoms with E-state index in [0.29, 0.717) is 0 Å². The Kier molecular flexibility index (Phi) is 3.80. The standard InChI is InChI=1S/C9H4ClF4NO3/c10-4-2-1-3(7(16)17)6(5(4)11)15-8(18)9(12,13)14/h1-2H,(H,15,18)(H,16,17). The van der Waals surface area contributed by atoms with Gasteiger partial charge in [0.15, 0.2) is 5.82 Å². The number of rotatable bonds is 2. The summed E-state index contributed by atoms with van der Waals surface area (Å²) in [6.45, 7) is 0. The number of carboxylic acid groups (broad SMARTS) is 1. The molecular weight excluding hydrogens is 282 g/mol. The van der Waals surface area contributed by atoms with Gasteiger partial charge in [-0.3, -0.25) is 4.79 Å². The number of nitrogens with one attached hydrogen (secondary N) is 1. The Balaban J connectivity index is 3.26. The fourth-order valence-corrected chi connectivity index (χ4v) is 1.19. The molecule has 0 unspecified atom stereocenters.